The molecule has 1 amide bonds. The van der Waals surface area contributed by atoms with Gasteiger partial charge in [-0.2, -0.15) is 0 Å². The minimum absolute atomic E-state index is 0.0202. The van der Waals surface area contributed by atoms with Crippen LogP contribution >= 0.6 is 7.37 Å². The second-order valence-electron chi connectivity index (χ2n) is 9.71. The maximum absolute atomic E-state index is 14.3. The van der Waals surface area contributed by atoms with E-state index in [2.05, 4.69) is 5.32 Å². The fourth-order valence-corrected chi connectivity index (χ4v) is 6.32. The Bertz CT molecular complexity index is 1040. The van der Waals surface area contributed by atoms with Gasteiger partial charge in [0.25, 0.3) is 5.91 Å². The van der Waals surface area contributed by atoms with Gasteiger partial charge in [0.1, 0.15) is 11.6 Å². The number of benzene rings is 2. The van der Waals surface area contributed by atoms with E-state index in [0.717, 1.165) is 44.1 Å². The maximum Gasteiger partial charge on any atom is 0.251 e. The summed E-state index contributed by atoms with van der Waals surface area (Å²) in [5, 5.41) is 3.14. The molecule has 2 aromatic carbocycles. The third-order valence-corrected chi connectivity index (χ3v) is 8.08. The topological polar surface area (TPSA) is 75.6 Å². The lowest BCUT2D eigenvalue weighted by Crippen LogP contribution is -2.37. The Balaban J connectivity index is 1.38. The molecule has 33 heavy (non-hydrogen) atoms. The van der Waals surface area contributed by atoms with E-state index >= 15 is 0 Å². The van der Waals surface area contributed by atoms with E-state index < -0.39 is 7.37 Å². The van der Waals surface area contributed by atoms with Gasteiger partial charge >= 0.3 is 0 Å². The number of nitrogens with one attached hydrogen (secondary N) is 1. The molecule has 0 spiro atoms. The second kappa shape index (κ2) is 9.99. The zero-order valence-corrected chi connectivity index (χ0v) is 20.2. The number of hydrogen-bond donors (Lipinski definition) is 2. The van der Waals surface area contributed by atoms with Crippen molar-refractivity contribution in [2.45, 2.75) is 56.4 Å². The van der Waals surface area contributed by atoms with E-state index in [1.165, 1.54) is 12.7 Å². The minimum Gasteiger partial charge on any atom is -0.497 e. The summed E-state index contributed by atoms with van der Waals surface area (Å²) in [5.74, 6) is 0.907. The van der Waals surface area contributed by atoms with Gasteiger partial charge in [0.2, 0.25) is 0 Å². The number of rotatable bonds is 8. The van der Waals surface area contributed by atoms with Gasteiger partial charge in [-0.15, -0.1) is 0 Å². The third-order valence-electron chi connectivity index (χ3n) is 7.01. The van der Waals surface area contributed by atoms with Crippen LogP contribution in [0.1, 0.15) is 71.8 Å². The summed E-state index contributed by atoms with van der Waals surface area (Å²) in [5.41, 5.74) is 2.25. The molecule has 2 saturated carbocycles. The predicted molar refractivity (Wildman–Crippen MR) is 128 cm³/mol. The van der Waals surface area contributed by atoms with Crippen LogP contribution in [0.5, 0.6) is 5.75 Å². The van der Waals surface area contributed by atoms with E-state index in [9.17, 15) is 18.6 Å². The lowest BCUT2D eigenvalue weighted by molar-refractivity contribution is 0.0925. The zero-order valence-electron chi connectivity index (χ0n) is 19.3. The summed E-state index contributed by atoms with van der Waals surface area (Å²) in [6.45, 7) is 1.41. The highest BCUT2D eigenvalue weighted by molar-refractivity contribution is 7.57. The average Bonchev–Trinajstić information content (AvgIpc) is 3.63. The number of amides is 1. The molecule has 2 aliphatic carbocycles. The Labute approximate surface area is 195 Å². The molecule has 178 valence electrons. The monoisotopic (exact) mass is 473 g/mol. The molecule has 2 aromatic rings. The van der Waals surface area contributed by atoms with Gasteiger partial charge in [0.05, 0.1) is 7.11 Å². The molecule has 2 atom stereocenters. The number of carbonyl (C=O) groups excluding carboxylic acids is 1. The number of methoxy groups -OCH3 is 1. The van der Waals surface area contributed by atoms with Crippen LogP contribution in [0.25, 0.3) is 0 Å². The summed E-state index contributed by atoms with van der Waals surface area (Å²) in [4.78, 5) is 22.9. The van der Waals surface area contributed by atoms with Crippen molar-refractivity contribution in [3.63, 3.8) is 0 Å². The smallest absolute Gasteiger partial charge is 0.251 e. The molecule has 2 fully saturated rings. The van der Waals surface area contributed by atoms with Crippen molar-refractivity contribution in [1.29, 1.82) is 0 Å². The third kappa shape index (κ3) is 6.24. The van der Waals surface area contributed by atoms with Gasteiger partial charge < -0.3 is 14.9 Å². The van der Waals surface area contributed by atoms with Crippen molar-refractivity contribution < 1.29 is 23.4 Å². The first-order chi connectivity index (χ1) is 15.7. The molecule has 2 N–H and O–H groups in total. The van der Waals surface area contributed by atoms with E-state index in [4.69, 9.17) is 4.74 Å². The lowest BCUT2D eigenvalue weighted by atomic mass is 9.81. The van der Waals surface area contributed by atoms with Crippen LogP contribution < -0.4 is 10.1 Å². The second-order valence-corrected chi connectivity index (χ2v) is 12.2. The van der Waals surface area contributed by atoms with E-state index in [-0.39, 0.29) is 35.8 Å². The number of ether oxygens (including phenoxy) is 1. The van der Waals surface area contributed by atoms with Gasteiger partial charge in [0, 0.05) is 24.4 Å². The van der Waals surface area contributed by atoms with Crippen molar-refractivity contribution in [2.24, 2.45) is 5.92 Å². The highest BCUT2D eigenvalue weighted by atomic mass is 31.2. The van der Waals surface area contributed by atoms with Crippen LogP contribution in [0.4, 0.5) is 4.39 Å². The van der Waals surface area contributed by atoms with Crippen molar-refractivity contribution in [3.05, 3.63) is 65.0 Å². The molecule has 0 radical (unpaired) electrons. The molecule has 2 aliphatic rings. The first-order valence-electron chi connectivity index (χ1n) is 11.8. The summed E-state index contributed by atoms with van der Waals surface area (Å²) in [7, 11) is -1.56. The van der Waals surface area contributed by atoms with Crippen LogP contribution in [0.2, 0.25) is 0 Å². The van der Waals surface area contributed by atoms with Crippen molar-refractivity contribution in [2.75, 3.05) is 19.9 Å². The quantitative estimate of drug-likeness (QED) is 0.484. The summed E-state index contributed by atoms with van der Waals surface area (Å²) in [6, 6.07) is 12.4. The molecular formula is C26H33FNO4P. The molecule has 0 heterocycles. The summed E-state index contributed by atoms with van der Waals surface area (Å²) >= 11 is 0. The summed E-state index contributed by atoms with van der Waals surface area (Å²) in [6.07, 6.45) is 5.59. The number of carbonyl (C=O) groups is 1. The van der Waals surface area contributed by atoms with Gasteiger partial charge in [-0.3, -0.25) is 9.36 Å². The van der Waals surface area contributed by atoms with Crippen LogP contribution in [0.3, 0.4) is 0 Å². The van der Waals surface area contributed by atoms with Crippen molar-refractivity contribution in [3.8, 4) is 5.75 Å². The highest BCUT2D eigenvalue weighted by Crippen LogP contribution is 2.50. The number of halogens is 1. The predicted octanol–water partition coefficient (Wildman–Crippen LogP) is 5.68. The molecule has 5 nitrogen and oxygen atoms in total. The van der Waals surface area contributed by atoms with Gasteiger partial charge in [0.15, 0.2) is 7.37 Å². The fraction of sp³-hybridized carbons (Fsp3) is 0.500. The van der Waals surface area contributed by atoms with Gasteiger partial charge in [-0.1, -0.05) is 12.1 Å². The fourth-order valence-electron chi connectivity index (χ4n) is 5.08. The molecule has 4 rings (SSSR count). The largest absolute Gasteiger partial charge is 0.497 e. The van der Waals surface area contributed by atoms with Crippen LogP contribution in [-0.4, -0.2) is 36.8 Å². The Hall–Kier alpha value is -2.17. The average molecular weight is 474 g/mol. The Morgan fingerprint density at radius 2 is 1.88 bits per heavy atom. The molecular weight excluding hydrogens is 440 g/mol. The van der Waals surface area contributed by atoms with E-state index in [1.54, 1.807) is 25.3 Å². The first-order valence-corrected chi connectivity index (χ1v) is 14.1. The normalized spacial score (nSPS) is 23.4. The van der Waals surface area contributed by atoms with E-state index in [0.29, 0.717) is 22.8 Å². The minimum atomic E-state index is -3.14. The van der Waals surface area contributed by atoms with Crippen molar-refractivity contribution in [1.82, 2.24) is 5.32 Å². The zero-order chi connectivity index (χ0) is 23.6. The van der Waals surface area contributed by atoms with Crippen LogP contribution in [0.15, 0.2) is 42.5 Å². The van der Waals surface area contributed by atoms with Gasteiger partial charge in [-0.25, -0.2) is 4.39 Å². The van der Waals surface area contributed by atoms with E-state index in [1.807, 2.05) is 18.2 Å². The SMILES string of the molecule is COc1ccc(F)c(C2CCC(NC(=O)c3cccc([C@@H](CP(C)(=O)O)C4CC4)c3)CC2)c1. The lowest BCUT2D eigenvalue weighted by Gasteiger charge is -2.30. The maximum atomic E-state index is 14.3. The highest BCUT2D eigenvalue weighted by Gasteiger charge is 2.35. The Kier molecular flexibility index (Phi) is 7.25. The Morgan fingerprint density at radius 1 is 1.15 bits per heavy atom. The number of hydrogen-bond acceptors (Lipinski definition) is 3. The van der Waals surface area contributed by atoms with Crippen LogP contribution in [0, 0.1) is 11.7 Å². The molecule has 0 bridgehead atoms. The molecule has 1 unspecified atom stereocenters. The molecule has 7 heteroatoms. The summed E-state index contributed by atoms with van der Waals surface area (Å²) < 4.78 is 31.6. The molecule has 0 aromatic heterocycles. The van der Waals surface area contributed by atoms with Crippen molar-refractivity contribution >= 4 is 13.3 Å². The standard InChI is InChI=1S/C26H33FNO4P/c1-32-22-12-13-25(27)23(15-22)17-8-10-21(11-9-17)28-26(29)20-5-3-4-19(14-20)24(18-6-7-18)16-33(2,30)31/h3-5,12-15,17-18,21,24H,6-11,16H2,1-2H3,(H,28,29)(H,30,31)/t17?,21?,24-/m0/s1. The molecule has 0 aliphatic heterocycles. The van der Waals surface area contributed by atoms with Gasteiger partial charge in [-0.05, 0) is 97.7 Å². The molecule has 0 saturated heterocycles. The first kappa shape index (κ1) is 24.0. The van der Waals surface area contributed by atoms with Crippen LogP contribution in [-0.2, 0) is 4.57 Å². The Morgan fingerprint density at radius 3 is 2.52 bits per heavy atom.